The van der Waals surface area contributed by atoms with Gasteiger partial charge in [0.15, 0.2) is 0 Å². The first-order chi connectivity index (χ1) is 10.3. The number of imidazole rings is 1. The van der Waals surface area contributed by atoms with Crippen LogP contribution in [0.3, 0.4) is 0 Å². The highest BCUT2D eigenvalue weighted by Crippen LogP contribution is 2.39. The highest BCUT2D eigenvalue weighted by molar-refractivity contribution is 5.53. The van der Waals surface area contributed by atoms with E-state index in [1.165, 1.54) is 25.7 Å². The number of nitrogens with one attached hydrogen (secondary N) is 1. The Labute approximate surface area is 127 Å². The minimum atomic E-state index is 0.576. The molecule has 1 heterocycles. The first-order valence-corrected chi connectivity index (χ1v) is 8.10. The van der Waals surface area contributed by atoms with E-state index in [1.54, 1.807) is 0 Å². The fraction of sp³-hybridized carbons (Fsp3) is 0.500. The Morgan fingerprint density at radius 1 is 1.14 bits per heavy atom. The van der Waals surface area contributed by atoms with Gasteiger partial charge in [0.1, 0.15) is 0 Å². The molecule has 0 radical (unpaired) electrons. The van der Waals surface area contributed by atoms with Crippen LogP contribution in [0.2, 0.25) is 0 Å². The number of hydrogen-bond donors (Lipinski definition) is 1. The molecule has 1 aromatic carbocycles. The van der Waals surface area contributed by atoms with Gasteiger partial charge in [-0.2, -0.15) is 0 Å². The number of para-hydroxylation sites is 1. The third kappa shape index (κ3) is 3.12. The summed E-state index contributed by atoms with van der Waals surface area (Å²) < 4.78 is 2.36. The lowest BCUT2D eigenvalue weighted by molar-refractivity contribution is 0.186. The molecule has 3 rings (SSSR count). The largest absolute Gasteiger partial charge is 0.326 e. The zero-order valence-corrected chi connectivity index (χ0v) is 13.0. The van der Waals surface area contributed by atoms with Crippen molar-refractivity contribution in [2.24, 2.45) is 11.8 Å². The number of hydrogen-bond acceptors (Lipinski definition) is 2. The lowest BCUT2D eigenvalue weighted by Crippen LogP contribution is -2.27. The normalized spacial score (nSPS) is 22.4. The van der Waals surface area contributed by atoms with Crippen molar-refractivity contribution in [3.05, 3.63) is 42.7 Å². The average Bonchev–Trinajstić information content (AvgIpc) is 2.96. The third-order valence-electron chi connectivity index (χ3n) is 4.69. The number of anilines is 2. The Morgan fingerprint density at radius 2 is 1.90 bits per heavy atom. The third-order valence-corrected chi connectivity index (χ3v) is 4.69. The van der Waals surface area contributed by atoms with Crippen LogP contribution in [0, 0.1) is 11.8 Å². The molecule has 112 valence electrons. The van der Waals surface area contributed by atoms with Gasteiger partial charge in [-0.15, -0.1) is 0 Å². The Hall–Kier alpha value is -1.77. The quantitative estimate of drug-likeness (QED) is 0.854. The van der Waals surface area contributed by atoms with Crippen LogP contribution >= 0.6 is 0 Å². The van der Waals surface area contributed by atoms with Crippen molar-refractivity contribution in [3.8, 4) is 0 Å². The molecule has 0 aliphatic heterocycles. The summed E-state index contributed by atoms with van der Waals surface area (Å²) in [5.74, 6) is 2.45. The van der Waals surface area contributed by atoms with Gasteiger partial charge >= 0.3 is 0 Å². The molecule has 21 heavy (non-hydrogen) atoms. The number of benzene rings is 1. The first-order valence-electron chi connectivity index (χ1n) is 8.10. The Balaban J connectivity index is 1.84. The second-order valence-electron chi connectivity index (χ2n) is 6.41. The van der Waals surface area contributed by atoms with Gasteiger partial charge in [-0.25, -0.2) is 4.98 Å². The predicted molar refractivity (Wildman–Crippen MR) is 87.8 cm³/mol. The zero-order chi connectivity index (χ0) is 14.7. The van der Waals surface area contributed by atoms with E-state index in [0.29, 0.717) is 6.04 Å². The van der Waals surface area contributed by atoms with Gasteiger partial charge in [-0.05, 0) is 36.8 Å². The van der Waals surface area contributed by atoms with Gasteiger partial charge in [-0.1, -0.05) is 44.9 Å². The maximum atomic E-state index is 4.53. The topological polar surface area (TPSA) is 29.9 Å². The summed E-state index contributed by atoms with van der Waals surface area (Å²) in [6.07, 6.45) is 9.36. The van der Waals surface area contributed by atoms with Crippen LogP contribution in [0.15, 0.2) is 42.7 Å². The maximum Gasteiger partial charge on any atom is 0.207 e. The van der Waals surface area contributed by atoms with Crippen molar-refractivity contribution in [1.82, 2.24) is 9.55 Å². The van der Waals surface area contributed by atoms with E-state index in [4.69, 9.17) is 0 Å². The minimum Gasteiger partial charge on any atom is -0.326 e. The van der Waals surface area contributed by atoms with Crippen LogP contribution in [0.5, 0.6) is 0 Å². The predicted octanol–water partition coefficient (Wildman–Crippen LogP) is 5.01. The zero-order valence-electron chi connectivity index (χ0n) is 13.0. The molecule has 2 aromatic rings. The summed E-state index contributed by atoms with van der Waals surface area (Å²) in [4.78, 5) is 4.53. The van der Waals surface area contributed by atoms with E-state index >= 15 is 0 Å². The van der Waals surface area contributed by atoms with Crippen molar-refractivity contribution >= 4 is 11.6 Å². The molecule has 2 unspecified atom stereocenters. The van der Waals surface area contributed by atoms with Gasteiger partial charge < -0.3 is 9.88 Å². The minimum absolute atomic E-state index is 0.576. The Morgan fingerprint density at radius 3 is 2.67 bits per heavy atom. The lowest BCUT2D eigenvalue weighted by Gasteiger charge is -2.36. The van der Waals surface area contributed by atoms with Crippen LogP contribution in [-0.2, 0) is 0 Å². The smallest absolute Gasteiger partial charge is 0.207 e. The summed E-state index contributed by atoms with van der Waals surface area (Å²) in [6, 6.07) is 10.9. The van der Waals surface area contributed by atoms with Crippen LogP contribution in [0.1, 0.15) is 45.6 Å². The molecule has 1 fully saturated rings. The maximum absolute atomic E-state index is 4.53. The molecule has 1 aromatic heterocycles. The monoisotopic (exact) mass is 283 g/mol. The van der Waals surface area contributed by atoms with Crippen molar-refractivity contribution in [3.63, 3.8) is 0 Å². The summed E-state index contributed by atoms with van der Waals surface area (Å²) in [5.41, 5.74) is 1.10. The standard InChI is InChI=1S/C18H25N3/c1-14(2)16-10-6-7-11-17(16)21-13-12-19-18(21)20-15-8-4-3-5-9-15/h3-5,8-9,12-14,16-17H,6-7,10-11H2,1-2H3,(H,19,20). The fourth-order valence-corrected chi connectivity index (χ4v) is 3.59. The van der Waals surface area contributed by atoms with Crippen molar-refractivity contribution < 1.29 is 0 Å². The van der Waals surface area contributed by atoms with Crippen LogP contribution in [-0.4, -0.2) is 9.55 Å². The molecule has 1 saturated carbocycles. The van der Waals surface area contributed by atoms with E-state index in [2.05, 4.69) is 47.0 Å². The highest BCUT2D eigenvalue weighted by Gasteiger charge is 2.29. The molecule has 3 heteroatoms. The molecule has 0 bridgehead atoms. The SMILES string of the molecule is CC(C)C1CCCCC1n1ccnc1Nc1ccccc1. The molecular weight excluding hydrogens is 258 g/mol. The van der Waals surface area contributed by atoms with E-state index in [-0.39, 0.29) is 0 Å². The highest BCUT2D eigenvalue weighted by atomic mass is 15.2. The number of aromatic nitrogens is 2. The molecule has 3 nitrogen and oxygen atoms in total. The molecule has 2 atom stereocenters. The molecule has 0 spiro atoms. The molecule has 0 saturated heterocycles. The van der Waals surface area contributed by atoms with Crippen LogP contribution in [0.25, 0.3) is 0 Å². The molecular formula is C18H25N3. The van der Waals surface area contributed by atoms with Crippen molar-refractivity contribution in [2.45, 2.75) is 45.6 Å². The van der Waals surface area contributed by atoms with Crippen molar-refractivity contribution in [2.75, 3.05) is 5.32 Å². The van der Waals surface area contributed by atoms with Gasteiger partial charge in [0, 0.05) is 24.1 Å². The lowest BCUT2D eigenvalue weighted by atomic mass is 9.77. The number of rotatable bonds is 4. The van der Waals surface area contributed by atoms with E-state index in [9.17, 15) is 0 Å². The average molecular weight is 283 g/mol. The second kappa shape index (κ2) is 6.33. The summed E-state index contributed by atoms with van der Waals surface area (Å²) in [6.45, 7) is 4.70. The number of nitrogens with zero attached hydrogens (tertiary/aromatic N) is 2. The first kappa shape index (κ1) is 14.2. The molecule has 1 aliphatic rings. The molecule has 1 aliphatic carbocycles. The van der Waals surface area contributed by atoms with Crippen molar-refractivity contribution in [1.29, 1.82) is 0 Å². The van der Waals surface area contributed by atoms with E-state index < -0.39 is 0 Å². The van der Waals surface area contributed by atoms with Crippen LogP contribution < -0.4 is 5.32 Å². The summed E-state index contributed by atoms with van der Waals surface area (Å²) >= 11 is 0. The van der Waals surface area contributed by atoms with E-state index in [0.717, 1.165) is 23.5 Å². The molecule has 1 N–H and O–H groups in total. The Kier molecular flexibility index (Phi) is 4.28. The summed E-state index contributed by atoms with van der Waals surface area (Å²) in [7, 11) is 0. The second-order valence-corrected chi connectivity index (χ2v) is 6.41. The van der Waals surface area contributed by atoms with Gasteiger partial charge in [0.2, 0.25) is 5.95 Å². The van der Waals surface area contributed by atoms with Gasteiger partial charge in [0.05, 0.1) is 0 Å². The van der Waals surface area contributed by atoms with Crippen LogP contribution in [0.4, 0.5) is 11.6 Å². The van der Waals surface area contributed by atoms with Gasteiger partial charge in [0.25, 0.3) is 0 Å². The fourth-order valence-electron chi connectivity index (χ4n) is 3.59. The Bertz CT molecular complexity index is 559. The van der Waals surface area contributed by atoms with Gasteiger partial charge in [-0.3, -0.25) is 0 Å². The summed E-state index contributed by atoms with van der Waals surface area (Å²) in [5, 5.41) is 3.46. The molecule has 0 amide bonds. The van der Waals surface area contributed by atoms with E-state index in [1.807, 2.05) is 24.4 Å².